The highest BCUT2D eigenvalue weighted by Gasteiger charge is 2.53. The molecule has 0 atom stereocenters. The van der Waals surface area contributed by atoms with E-state index < -0.39 is 5.54 Å². The minimum absolute atomic E-state index is 0.0732. The van der Waals surface area contributed by atoms with E-state index in [0.717, 1.165) is 32.5 Å². The van der Waals surface area contributed by atoms with Gasteiger partial charge in [-0.3, -0.25) is 19.5 Å². The second-order valence-electron chi connectivity index (χ2n) is 8.44. The number of nitrogens with zero attached hydrogens (tertiary/aromatic N) is 3. The van der Waals surface area contributed by atoms with Crippen molar-refractivity contribution in [3.8, 4) is 0 Å². The molecule has 2 heterocycles. The van der Waals surface area contributed by atoms with E-state index in [1.165, 1.54) is 5.56 Å². The lowest BCUT2D eigenvalue weighted by Crippen LogP contribution is -2.65. The number of piperidine rings is 1. The summed E-state index contributed by atoms with van der Waals surface area (Å²) in [4.78, 5) is 35.4. The van der Waals surface area contributed by atoms with E-state index in [0.29, 0.717) is 24.9 Å². The number of hydrogen-bond donors (Lipinski definition) is 1. The molecule has 1 aliphatic carbocycles. The topological polar surface area (TPSA) is 65.5 Å². The third-order valence-electron chi connectivity index (χ3n) is 6.26. The molecule has 1 saturated heterocycles. The fourth-order valence-corrected chi connectivity index (χ4v) is 4.50. The van der Waals surface area contributed by atoms with E-state index in [4.69, 9.17) is 0 Å². The van der Waals surface area contributed by atoms with E-state index in [9.17, 15) is 9.59 Å². The molecule has 1 aliphatic heterocycles. The molecule has 2 fully saturated rings. The second kappa shape index (κ2) is 9.43. The van der Waals surface area contributed by atoms with Crippen LogP contribution >= 0.6 is 0 Å². The van der Waals surface area contributed by atoms with Crippen molar-refractivity contribution in [3.63, 3.8) is 0 Å². The molecule has 1 aromatic heterocycles. The van der Waals surface area contributed by atoms with Crippen molar-refractivity contribution >= 4 is 11.8 Å². The van der Waals surface area contributed by atoms with Gasteiger partial charge in [0, 0.05) is 44.6 Å². The van der Waals surface area contributed by atoms with Gasteiger partial charge in [-0.25, -0.2) is 0 Å². The van der Waals surface area contributed by atoms with Gasteiger partial charge < -0.3 is 10.2 Å². The Morgan fingerprint density at radius 2 is 1.90 bits per heavy atom. The van der Waals surface area contributed by atoms with E-state index in [1.54, 1.807) is 30.6 Å². The Balaban J connectivity index is 1.58. The van der Waals surface area contributed by atoms with Crippen LogP contribution in [0.4, 0.5) is 0 Å². The maximum atomic E-state index is 13.6. The monoisotopic (exact) mass is 418 g/mol. The van der Waals surface area contributed by atoms with Gasteiger partial charge in [-0.15, -0.1) is 6.58 Å². The fraction of sp³-hybridized carbons (Fsp3) is 0.400. The van der Waals surface area contributed by atoms with Gasteiger partial charge in [0.05, 0.1) is 5.56 Å². The molecule has 0 bridgehead atoms. The van der Waals surface area contributed by atoms with Crippen molar-refractivity contribution in [1.29, 1.82) is 0 Å². The van der Waals surface area contributed by atoms with Crippen molar-refractivity contribution < 1.29 is 9.59 Å². The first-order valence-corrected chi connectivity index (χ1v) is 11.0. The van der Waals surface area contributed by atoms with Crippen LogP contribution in [0, 0.1) is 0 Å². The van der Waals surface area contributed by atoms with Crippen molar-refractivity contribution in [1.82, 2.24) is 20.1 Å². The third kappa shape index (κ3) is 4.69. The Morgan fingerprint density at radius 3 is 2.52 bits per heavy atom. The number of benzene rings is 1. The average Bonchev–Trinajstić information content (AvgIpc) is 3.65. The van der Waals surface area contributed by atoms with Crippen LogP contribution in [-0.2, 0) is 11.3 Å². The molecule has 4 rings (SSSR count). The Kier molecular flexibility index (Phi) is 6.47. The Bertz CT molecular complexity index is 904. The SMILES string of the molecule is C=CCNC(=O)C1(N(C(=O)c2cccnc2)C2CC2)CCN(Cc2ccccc2)CC1. The number of amides is 2. The first-order chi connectivity index (χ1) is 15.1. The van der Waals surface area contributed by atoms with Gasteiger partial charge in [-0.2, -0.15) is 0 Å². The first-order valence-electron chi connectivity index (χ1n) is 11.0. The average molecular weight is 419 g/mol. The molecular weight excluding hydrogens is 388 g/mol. The van der Waals surface area contributed by atoms with Gasteiger partial charge in [0.1, 0.15) is 5.54 Å². The number of pyridine rings is 1. The zero-order valence-electron chi connectivity index (χ0n) is 17.9. The van der Waals surface area contributed by atoms with Crippen molar-refractivity contribution in [2.24, 2.45) is 0 Å². The minimum Gasteiger partial charge on any atom is -0.351 e. The highest BCUT2D eigenvalue weighted by Crippen LogP contribution is 2.40. The summed E-state index contributed by atoms with van der Waals surface area (Å²) in [6.07, 6.45) is 8.05. The number of nitrogens with one attached hydrogen (secondary N) is 1. The molecule has 0 unspecified atom stereocenters. The summed E-state index contributed by atoms with van der Waals surface area (Å²) < 4.78 is 0. The zero-order chi connectivity index (χ0) is 21.7. The molecule has 2 amide bonds. The van der Waals surface area contributed by atoms with Crippen molar-refractivity contribution in [3.05, 3.63) is 78.6 Å². The molecule has 0 spiro atoms. The summed E-state index contributed by atoms with van der Waals surface area (Å²) in [6, 6.07) is 14.0. The van der Waals surface area contributed by atoms with E-state index in [1.807, 2.05) is 23.1 Å². The number of rotatable bonds is 8. The van der Waals surface area contributed by atoms with Gasteiger partial charge in [-0.05, 0) is 43.4 Å². The quantitative estimate of drug-likeness (QED) is 0.670. The smallest absolute Gasteiger partial charge is 0.256 e. The maximum Gasteiger partial charge on any atom is 0.256 e. The summed E-state index contributed by atoms with van der Waals surface area (Å²) in [5.74, 6) is -0.170. The van der Waals surface area contributed by atoms with Gasteiger partial charge in [0.2, 0.25) is 5.91 Å². The largest absolute Gasteiger partial charge is 0.351 e. The number of aromatic nitrogens is 1. The fourth-order valence-electron chi connectivity index (χ4n) is 4.50. The van der Waals surface area contributed by atoms with Crippen LogP contribution in [-0.4, -0.2) is 57.8 Å². The molecule has 2 aliphatic rings. The maximum absolute atomic E-state index is 13.6. The van der Waals surface area contributed by atoms with E-state index in [2.05, 4.69) is 33.9 Å². The molecule has 1 N–H and O–H groups in total. The van der Waals surface area contributed by atoms with Crippen LogP contribution < -0.4 is 5.32 Å². The molecular formula is C25H30N4O2. The summed E-state index contributed by atoms with van der Waals surface area (Å²) in [7, 11) is 0. The van der Waals surface area contributed by atoms with Gasteiger partial charge >= 0.3 is 0 Å². The Hall–Kier alpha value is -2.99. The normalized spacial score (nSPS) is 18.2. The van der Waals surface area contributed by atoms with Crippen LogP contribution in [0.1, 0.15) is 41.6 Å². The van der Waals surface area contributed by atoms with E-state index >= 15 is 0 Å². The van der Waals surface area contributed by atoms with Crippen LogP contribution in [0.5, 0.6) is 0 Å². The third-order valence-corrected chi connectivity index (χ3v) is 6.26. The molecule has 1 aromatic carbocycles. The van der Waals surface area contributed by atoms with Gasteiger partial charge in [-0.1, -0.05) is 36.4 Å². The van der Waals surface area contributed by atoms with Gasteiger partial charge in [0.25, 0.3) is 5.91 Å². The lowest BCUT2D eigenvalue weighted by molar-refractivity contribution is -0.135. The lowest BCUT2D eigenvalue weighted by atomic mass is 9.83. The van der Waals surface area contributed by atoms with Crippen LogP contribution in [0.25, 0.3) is 0 Å². The Morgan fingerprint density at radius 1 is 1.16 bits per heavy atom. The highest BCUT2D eigenvalue weighted by molar-refractivity contribution is 5.99. The predicted molar refractivity (Wildman–Crippen MR) is 120 cm³/mol. The molecule has 6 heteroatoms. The Labute approximate surface area is 184 Å². The second-order valence-corrected chi connectivity index (χ2v) is 8.44. The number of hydrogen-bond acceptors (Lipinski definition) is 4. The zero-order valence-corrected chi connectivity index (χ0v) is 17.9. The number of likely N-dealkylation sites (tertiary alicyclic amines) is 1. The molecule has 1 saturated carbocycles. The van der Waals surface area contributed by atoms with Gasteiger partial charge in [0.15, 0.2) is 0 Å². The molecule has 6 nitrogen and oxygen atoms in total. The molecule has 2 aromatic rings. The number of carbonyl (C=O) groups excluding carboxylic acids is 2. The molecule has 162 valence electrons. The van der Waals surface area contributed by atoms with Crippen molar-refractivity contribution in [2.75, 3.05) is 19.6 Å². The summed E-state index contributed by atoms with van der Waals surface area (Å²) in [6.45, 7) is 6.50. The predicted octanol–water partition coefficient (Wildman–Crippen LogP) is 3.02. The molecule has 31 heavy (non-hydrogen) atoms. The summed E-state index contributed by atoms with van der Waals surface area (Å²) >= 11 is 0. The number of carbonyl (C=O) groups is 2. The van der Waals surface area contributed by atoms with E-state index in [-0.39, 0.29) is 17.9 Å². The van der Waals surface area contributed by atoms with Crippen LogP contribution in [0.3, 0.4) is 0 Å². The highest BCUT2D eigenvalue weighted by atomic mass is 16.2. The molecule has 0 radical (unpaired) electrons. The standard InChI is InChI=1S/C25H30N4O2/c1-2-14-27-24(31)25(12-16-28(17-13-25)19-20-7-4-3-5-8-20)29(22-10-11-22)23(30)21-9-6-15-26-18-21/h2-9,15,18,22H,1,10-14,16-17,19H2,(H,27,31). The van der Waals surface area contributed by atoms with Crippen molar-refractivity contribution in [2.45, 2.75) is 43.8 Å². The van der Waals surface area contributed by atoms with Crippen LogP contribution in [0.2, 0.25) is 0 Å². The summed E-state index contributed by atoms with van der Waals surface area (Å²) in [5.41, 5.74) is 0.957. The lowest BCUT2D eigenvalue weighted by Gasteiger charge is -2.47. The summed E-state index contributed by atoms with van der Waals surface area (Å²) in [5, 5.41) is 2.99. The van der Waals surface area contributed by atoms with Crippen LogP contribution in [0.15, 0.2) is 67.5 Å². The first kappa shape index (κ1) is 21.2. The minimum atomic E-state index is -0.843.